The van der Waals surface area contributed by atoms with Crippen LogP contribution in [0.2, 0.25) is 5.02 Å². The van der Waals surface area contributed by atoms with Crippen LogP contribution in [0.1, 0.15) is 16.4 Å². The van der Waals surface area contributed by atoms with Gasteiger partial charge in [-0.25, -0.2) is 4.98 Å². The highest BCUT2D eigenvalue weighted by molar-refractivity contribution is 6.35. The molecule has 120 valence electrons. The number of hydrogen-bond donors (Lipinski definition) is 1. The summed E-state index contributed by atoms with van der Waals surface area (Å²) in [4.78, 5) is 20.8. The number of nitrogens with zero attached hydrogens (tertiary/aromatic N) is 3. The second-order valence-corrected chi connectivity index (χ2v) is 5.79. The van der Waals surface area contributed by atoms with Crippen molar-refractivity contribution >= 4 is 39.6 Å². The Morgan fingerprint density at radius 1 is 1.33 bits per heavy atom. The molecule has 1 N–H and O–H groups in total. The van der Waals surface area contributed by atoms with E-state index in [0.29, 0.717) is 27.8 Å². The lowest BCUT2D eigenvalue weighted by Crippen LogP contribution is -2.25. The molecule has 4 rings (SSSR count). The van der Waals surface area contributed by atoms with Crippen molar-refractivity contribution in [3.05, 3.63) is 59.2 Å². The number of pyridine rings is 1. The molecule has 24 heavy (non-hydrogen) atoms. The third-order valence-corrected chi connectivity index (χ3v) is 4.15. The molecule has 3 aromatic heterocycles. The van der Waals surface area contributed by atoms with E-state index in [9.17, 15) is 4.79 Å². The number of oxazole rings is 1. The first-order valence-corrected chi connectivity index (χ1v) is 7.74. The Balaban J connectivity index is 1.58. The summed E-state index contributed by atoms with van der Waals surface area (Å²) in [5.41, 5.74) is 2.47. The summed E-state index contributed by atoms with van der Waals surface area (Å²) < 4.78 is 7.32. The maximum Gasteiger partial charge on any atom is 0.268 e. The van der Waals surface area contributed by atoms with Gasteiger partial charge in [0.2, 0.25) is 5.89 Å². The first-order valence-electron chi connectivity index (χ1n) is 7.36. The molecule has 4 aromatic rings. The van der Waals surface area contributed by atoms with Crippen molar-refractivity contribution in [3.8, 4) is 0 Å². The molecule has 7 heteroatoms. The van der Waals surface area contributed by atoms with Crippen LogP contribution in [0.3, 0.4) is 0 Å². The minimum atomic E-state index is -0.222. The van der Waals surface area contributed by atoms with Gasteiger partial charge in [-0.3, -0.25) is 4.79 Å². The summed E-state index contributed by atoms with van der Waals surface area (Å²) in [5.74, 6) is 0.189. The smallest absolute Gasteiger partial charge is 0.268 e. The van der Waals surface area contributed by atoms with Gasteiger partial charge in [-0.2, -0.15) is 4.98 Å². The minimum absolute atomic E-state index is 0.185. The first kappa shape index (κ1) is 14.7. The van der Waals surface area contributed by atoms with Crippen molar-refractivity contribution in [2.24, 2.45) is 7.05 Å². The molecule has 0 bridgehead atoms. The summed E-state index contributed by atoms with van der Waals surface area (Å²) in [7, 11) is 1.81. The molecule has 0 fully saturated rings. The molecule has 0 aliphatic carbocycles. The quantitative estimate of drug-likeness (QED) is 0.621. The number of fused-ring (bicyclic) bond motifs is 2. The lowest BCUT2D eigenvalue weighted by atomic mass is 10.2. The lowest BCUT2D eigenvalue weighted by molar-refractivity contribution is 0.0940. The predicted molar refractivity (Wildman–Crippen MR) is 90.9 cm³/mol. The Kier molecular flexibility index (Phi) is 3.46. The number of carbonyl (C=O) groups excluding carboxylic acids is 1. The average molecular weight is 341 g/mol. The van der Waals surface area contributed by atoms with Gasteiger partial charge in [-0.1, -0.05) is 23.7 Å². The van der Waals surface area contributed by atoms with Crippen LogP contribution in [0.25, 0.3) is 22.1 Å². The number of aryl methyl sites for hydroxylation is 1. The molecule has 0 aliphatic rings. The molecule has 0 aliphatic heterocycles. The van der Waals surface area contributed by atoms with E-state index in [1.54, 1.807) is 29.0 Å². The zero-order chi connectivity index (χ0) is 16.7. The largest absolute Gasteiger partial charge is 0.437 e. The summed E-state index contributed by atoms with van der Waals surface area (Å²) in [6.45, 7) is 0.185. The monoisotopic (exact) mass is 340 g/mol. The number of nitrogens with one attached hydrogen (secondary N) is 1. The molecule has 0 radical (unpaired) electrons. The molecular weight excluding hydrogens is 328 g/mol. The van der Waals surface area contributed by atoms with Crippen LogP contribution in [0, 0.1) is 0 Å². The van der Waals surface area contributed by atoms with Crippen LogP contribution in [0.15, 0.2) is 47.0 Å². The van der Waals surface area contributed by atoms with Crippen LogP contribution < -0.4 is 5.32 Å². The molecule has 1 aromatic carbocycles. The highest BCUT2D eigenvalue weighted by atomic mass is 35.5. The summed E-state index contributed by atoms with van der Waals surface area (Å²) in [6.07, 6.45) is 1.65. The molecule has 3 heterocycles. The van der Waals surface area contributed by atoms with E-state index in [-0.39, 0.29) is 12.5 Å². The standard InChI is InChI=1S/C17H13ClN4O2/c1-22-12(8-10-4-2-5-11(18)15(10)22)17(23)20-9-14-21-16-13(24-14)6-3-7-19-16/h2-8H,9H2,1H3,(H,20,23). The van der Waals surface area contributed by atoms with Crippen LogP contribution in [0.5, 0.6) is 0 Å². The van der Waals surface area contributed by atoms with Crippen molar-refractivity contribution in [3.63, 3.8) is 0 Å². The van der Waals surface area contributed by atoms with E-state index in [0.717, 1.165) is 10.9 Å². The van der Waals surface area contributed by atoms with E-state index < -0.39 is 0 Å². The van der Waals surface area contributed by atoms with Crippen LogP contribution in [0.4, 0.5) is 0 Å². The number of amides is 1. The number of aromatic nitrogens is 3. The van der Waals surface area contributed by atoms with E-state index in [1.807, 2.05) is 25.2 Å². The number of para-hydroxylation sites is 1. The fourth-order valence-electron chi connectivity index (χ4n) is 2.72. The minimum Gasteiger partial charge on any atom is -0.437 e. The topological polar surface area (TPSA) is 73.0 Å². The van der Waals surface area contributed by atoms with Crippen LogP contribution in [-0.2, 0) is 13.6 Å². The molecular formula is C17H13ClN4O2. The highest BCUT2D eigenvalue weighted by Crippen LogP contribution is 2.26. The van der Waals surface area contributed by atoms with E-state index in [2.05, 4.69) is 15.3 Å². The maximum atomic E-state index is 12.5. The van der Waals surface area contributed by atoms with Crippen molar-refractivity contribution in [1.29, 1.82) is 0 Å². The fourth-order valence-corrected chi connectivity index (χ4v) is 3.03. The van der Waals surface area contributed by atoms with Crippen molar-refractivity contribution < 1.29 is 9.21 Å². The van der Waals surface area contributed by atoms with E-state index >= 15 is 0 Å². The normalized spacial score (nSPS) is 11.2. The Labute approximate surface area is 142 Å². The van der Waals surface area contributed by atoms with Crippen LogP contribution in [-0.4, -0.2) is 20.4 Å². The van der Waals surface area contributed by atoms with Crippen molar-refractivity contribution in [2.75, 3.05) is 0 Å². The molecule has 0 saturated carbocycles. The molecule has 0 atom stereocenters. The zero-order valence-electron chi connectivity index (χ0n) is 12.8. The van der Waals surface area contributed by atoms with E-state index in [4.69, 9.17) is 16.0 Å². The van der Waals surface area contributed by atoms with Crippen LogP contribution >= 0.6 is 11.6 Å². The zero-order valence-corrected chi connectivity index (χ0v) is 13.5. The Morgan fingerprint density at radius 3 is 3.00 bits per heavy atom. The SMILES string of the molecule is Cn1c(C(=O)NCc2nc3ncccc3o2)cc2cccc(Cl)c21. The molecule has 1 amide bonds. The Morgan fingerprint density at radius 2 is 2.21 bits per heavy atom. The summed E-state index contributed by atoms with van der Waals surface area (Å²) >= 11 is 6.21. The third-order valence-electron chi connectivity index (χ3n) is 3.85. The fraction of sp³-hybridized carbons (Fsp3) is 0.118. The van der Waals surface area contributed by atoms with Gasteiger partial charge in [-0.15, -0.1) is 0 Å². The molecule has 0 saturated heterocycles. The number of halogens is 1. The Bertz CT molecular complexity index is 1030. The van der Waals surface area contributed by atoms with Gasteiger partial charge in [0.1, 0.15) is 5.69 Å². The van der Waals surface area contributed by atoms with Gasteiger partial charge in [0.25, 0.3) is 5.91 Å². The third kappa shape index (κ3) is 2.41. The molecule has 0 spiro atoms. The van der Waals surface area contributed by atoms with E-state index in [1.165, 1.54) is 0 Å². The second kappa shape index (κ2) is 5.65. The Hall–Kier alpha value is -2.86. The average Bonchev–Trinajstić information content (AvgIpc) is 3.14. The predicted octanol–water partition coefficient (Wildman–Crippen LogP) is 3.30. The summed E-state index contributed by atoms with van der Waals surface area (Å²) in [5, 5.41) is 4.34. The number of rotatable bonds is 3. The molecule has 6 nitrogen and oxygen atoms in total. The first-order chi connectivity index (χ1) is 11.6. The number of hydrogen-bond acceptors (Lipinski definition) is 4. The lowest BCUT2D eigenvalue weighted by Gasteiger charge is -2.05. The second-order valence-electron chi connectivity index (χ2n) is 5.38. The van der Waals surface area contributed by atoms with Gasteiger partial charge < -0.3 is 14.3 Å². The van der Waals surface area contributed by atoms with Crippen molar-refractivity contribution in [2.45, 2.75) is 6.54 Å². The maximum absolute atomic E-state index is 12.5. The van der Waals surface area contributed by atoms with Crippen molar-refractivity contribution in [1.82, 2.24) is 19.9 Å². The van der Waals surface area contributed by atoms with Gasteiger partial charge >= 0.3 is 0 Å². The van der Waals surface area contributed by atoms with Gasteiger partial charge in [0.05, 0.1) is 17.1 Å². The summed E-state index contributed by atoms with van der Waals surface area (Å²) in [6, 6.07) is 10.9. The van der Waals surface area contributed by atoms with Gasteiger partial charge in [0.15, 0.2) is 11.2 Å². The van der Waals surface area contributed by atoms with Gasteiger partial charge in [-0.05, 0) is 24.3 Å². The molecule has 0 unspecified atom stereocenters. The van der Waals surface area contributed by atoms with Gasteiger partial charge in [0, 0.05) is 18.6 Å². The number of carbonyl (C=O) groups is 1. The highest BCUT2D eigenvalue weighted by Gasteiger charge is 2.16. The number of benzene rings is 1.